The Hall–Kier alpha value is 0.540. The van der Waals surface area contributed by atoms with E-state index in [0.29, 0.717) is 12.3 Å². The van der Waals surface area contributed by atoms with E-state index in [0.717, 1.165) is 0 Å². The zero-order chi connectivity index (χ0) is 10.3. The summed E-state index contributed by atoms with van der Waals surface area (Å²) < 4.78 is 0. The van der Waals surface area contributed by atoms with Crippen LogP contribution in [0.15, 0.2) is 0 Å². The van der Waals surface area contributed by atoms with Crippen LogP contribution in [-0.2, 0) is 0 Å². The first kappa shape index (κ1) is 13.5. The van der Waals surface area contributed by atoms with Crippen molar-refractivity contribution in [2.75, 3.05) is 32.1 Å². The molecule has 4 N–H and O–H groups in total. The molecule has 4 nitrogen and oxygen atoms in total. The molecule has 0 saturated heterocycles. The van der Waals surface area contributed by atoms with Crippen molar-refractivity contribution in [1.82, 2.24) is 5.32 Å². The van der Waals surface area contributed by atoms with Crippen molar-refractivity contribution in [2.24, 2.45) is 0 Å². The lowest BCUT2D eigenvalue weighted by Crippen LogP contribution is -2.56. The Morgan fingerprint density at radius 2 is 1.62 bits per heavy atom. The SMILES string of the molecule is OCC(CO)(CO)NC[C@@H](S)CS. The van der Waals surface area contributed by atoms with E-state index >= 15 is 0 Å². The Bertz CT molecular complexity index is 125. The van der Waals surface area contributed by atoms with E-state index in [1.165, 1.54) is 0 Å². The lowest BCUT2D eigenvalue weighted by molar-refractivity contribution is 0.0432. The monoisotopic (exact) mass is 227 g/mol. The molecule has 13 heavy (non-hydrogen) atoms. The number of aliphatic hydroxyl groups excluding tert-OH is 3. The molecule has 0 saturated carbocycles. The van der Waals surface area contributed by atoms with Crippen LogP contribution in [0.25, 0.3) is 0 Å². The fourth-order valence-corrected chi connectivity index (χ4v) is 0.937. The van der Waals surface area contributed by atoms with Crippen molar-refractivity contribution in [3.05, 3.63) is 0 Å². The molecule has 0 heterocycles. The summed E-state index contributed by atoms with van der Waals surface area (Å²) in [6.45, 7) is -0.457. The summed E-state index contributed by atoms with van der Waals surface area (Å²) in [4.78, 5) is 0. The summed E-state index contributed by atoms with van der Waals surface area (Å²) in [6.07, 6.45) is 0. The van der Waals surface area contributed by atoms with E-state index in [1.54, 1.807) is 0 Å². The Balaban J connectivity index is 3.95. The van der Waals surface area contributed by atoms with Crippen molar-refractivity contribution in [3.63, 3.8) is 0 Å². The number of thiol groups is 2. The Labute approximate surface area is 89.2 Å². The van der Waals surface area contributed by atoms with Crippen LogP contribution in [0.4, 0.5) is 0 Å². The lowest BCUT2D eigenvalue weighted by Gasteiger charge is -2.29. The first-order valence-corrected chi connectivity index (χ1v) is 5.15. The van der Waals surface area contributed by atoms with Crippen LogP contribution in [0, 0.1) is 0 Å². The maximum Gasteiger partial charge on any atom is 0.0882 e. The van der Waals surface area contributed by atoms with E-state index in [1.807, 2.05) is 0 Å². The zero-order valence-corrected chi connectivity index (χ0v) is 9.14. The number of rotatable bonds is 7. The summed E-state index contributed by atoms with van der Waals surface area (Å²) in [5.41, 5.74) is -1.01. The van der Waals surface area contributed by atoms with E-state index in [-0.39, 0.29) is 25.1 Å². The molecule has 0 amide bonds. The summed E-state index contributed by atoms with van der Waals surface area (Å²) in [5, 5.41) is 29.7. The highest BCUT2D eigenvalue weighted by Gasteiger charge is 2.27. The topological polar surface area (TPSA) is 72.7 Å². The third kappa shape index (κ3) is 4.53. The van der Waals surface area contributed by atoms with Gasteiger partial charge in [0.1, 0.15) is 0 Å². The van der Waals surface area contributed by atoms with Gasteiger partial charge in [-0.05, 0) is 0 Å². The highest BCUT2D eigenvalue weighted by molar-refractivity contribution is 7.84. The predicted octanol–water partition coefficient (Wildman–Crippen LogP) is -1.48. The van der Waals surface area contributed by atoms with Gasteiger partial charge in [0, 0.05) is 17.5 Å². The molecule has 0 radical (unpaired) electrons. The molecule has 1 atom stereocenters. The summed E-state index contributed by atoms with van der Waals surface area (Å²) >= 11 is 8.20. The number of nitrogens with one attached hydrogen (secondary N) is 1. The van der Waals surface area contributed by atoms with Crippen LogP contribution < -0.4 is 5.32 Å². The fraction of sp³-hybridized carbons (Fsp3) is 1.00. The van der Waals surface area contributed by atoms with Crippen LogP contribution in [0.1, 0.15) is 0 Å². The van der Waals surface area contributed by atoms with E-state index in [9.17, 15) is 0 Å². The Morgan fingerprint density at radius 3 is 1.92 bits per heavy atom. The maximum atomic E-state index is 8.94. The number of aliphatic hydroxyl groups is 3. The second-order valence-corrected chi connectivity index (χ2v) is 4.07. The molecule has 6 heteroatoms. The van der Waals surface area contributed by atoms with E-state index in [2.05, 4.69) is 30.6 Å². The molecule has 0 aliphatic heterocycles. The quantitative estimate of drug-likeness (QED) is 0.300. The van der Waals surface area contributed by atoms with Gasteiger partial charge in [0.05, 0.1) is 25.4 Å². The van der Waals surface area contributed by atoms with Gasteiger partial charge in [-0.1, -0.05) is 0 Å². The summed E-state index contributed by atoms with van der Waals surface area (Å²) in [6, 6.07) is 0. The van der Waals surface area contributed by atoms with Gasteiger partial charge in [-0.25, -0.2) is 0 Å². The first-order chi connectivity index (χ1) is 6.14. The average Bonchev–Trinajstić information content (AvgIpc) is 2.20. The molecule has 0 spiro atoms. The standard InChI is InChI=1S/C7H17NO3S2/c9-3-7(4-10,5-11)8-1-6(13)2-12/h6,8-13H,1-5H2/t6-/m1/s1. The molecule has 0 aromatic rings. The van der Waals surface area contributed by atoms with Crippen LogP contribution in [-0.4, -0.2) is 58.2 Å². The normalized spacial score (nSPS) is 14.5. The highest BCUT2D eigenvalue weighted by atomic mass is 32.1. The van der Waals surface area contributed by atoms with E-state index < -0.39 is 5.54 Å². The minimum atomic E-state index is -1.01. The van der Waals surface area contributed by atoms with Gasteiger partial charge in [-0.2, -0.15) is 25.3 Å². The molecule has 0 bridgehead atoms. The summed E-state index contributed by atoms with van der Waals surface area (Å²) in [7, 11) is 0. The minimum absolute atomic E-state index is 0.0346. The first-order valence-electron chi connectivity index (χ1n) is 4.00. The smallest absolute Gasteiger partial charge is 0.0882 e. The van der Waals surface area contributed by atoms with Gasteiger partial charge in [-0.3, -0.25) is 0 Å². The van der Waals surface area contributed by atoms with Gasteiger partial charge in [0.15, 0.2) is 0 Å². The van der Waals surface area contributed by atoms with Gasteiger partial charge in [0.25, 0.3) is 0 Å². The van der Waals surface area contributed by atoms with Crippen LogP contribution in [0.5, 0.6) is 0 Å². The second-order valence-electron chi connectivity index (χ2n) is 2.97. The van der Waals surface area contributed by atoms with Gasteiger partial charge >= 0.3 is 0 Å². The van der Waals surface area contributed by atoms with Gasteiger partial charge < -0.3 is 20.6 Å². The highest BCUT2D eigenvalue weighted by Crippen LogP contribution is 2.03. The van der Waals surface area contributed by atoms with Crippen LogP contribution in [0.2, 0.25) is 0 Å². The van der Waals surface area contributed by atoms with Gasteiger partial charge in [-0.15, -0.1) is 0 Å². The molecule has 0 unspecified atom stereocenters. The van der Waals surface area contributed by atoms with Crippen molar-refractivity contribution < 1.29 is 15.3 Å². The second kappa shape index (κ2) is 6.92. The van der Waals surface area contributed by atoms with E-state index in [4.69, 9.17) is 15.3 Å². The van der Waals surface area contributed by atoms with Crippen LogP contribution in [0.3, 0.4) is 0 Å². The minimum Gasteiger partial charge on any atom is -0.394 e. The molecule has 0 aromatic carbocycles. The summed E-state index contributed by atoms with van der Waals surface area (Å²) in [5.74, 6) is 0.592. The molecular formula is C7H17NO3S2. The maximum absolute atomic E-state index is 8.94. The molecule has 0 aromatic heterocycles. The zero-order valence-electron chi connectivity index (χ0n) is 7.35. The molecule has 0 aliphatic carbocycles. The fourth-order valence-electron chi connectivity index (χ4n) is 0.717. The van der Waals surface area contributed by atoms with Crippen LogP contribution >= 0.6 is 25.3 Å². The lowest BCUT2D eigenvalue weighted by atomic mass is 10.0. The van der Waals surface area contributed by atoms with Crippen molar-refractivity contribution in [2.45, 2.75) is 10.8 Å². The Morgan fingerprint density at radius 1 is 1.15 bits per heavy atom. The van der Waals surface area contributed by atoms with Gasteiger partial charge in [0.2, 0.25) is 0 Å². The predicted molar refractivity (Wildman–Crippen MR) is 58.6 cm³/mol. The molecular weight excluding hydrogens is 210 g/mol. The largest absolute Gasteiger partial charge is 0.394 e. The number of hydrogen-bond acceptors (Lipinski definition) is 6. The number of hydrogen-bond donors (Lipinski definition) is 6. The molecule has 80 valence electrons. The molecule has 0 fully saturated rings. The third-order valence-corrected chi connectivity index (χ3v) is 2.93. The average molecular weight is 227 g/mol. The van der Waals surface area contributed by atoms with Crippen molar-refractivity contribution in [1.29, 1.82) is 0 Å². The molecule has 0 aliphatic rings. The third-order valence-electron chi connectivity index (χ3n) is 1.83. The van der Waals surface area contributed by atoms with Crippen molar-refractivity contribution >= 4 is 25.3 Å². The molecule has 0 rings (SSSR count). The Kier molecular flexibility index (Phi) is 7.20. The van der Waals surface area contributed by atoms with Crippen molar-refractivity contribution in [3.8, 4) is 0 Å².